The fraction of sp³-hybridized carbons (Fsp3) is 0.433. The summed E-state index contributed by atoms with van der Waals surface area (Å²) in [6, 6.07) is 6.34. The lowest BCUT2D eigenvalue weighted by atomic mass is 10.0. The van der Waals surface area contributed by atoms with E-state index in [4.69, 9.17) is 21.3 Å². The van der Waals surface area contributed by atoms with Crippen LogP contribution in [0.3, 0.4) is 0 Å². The Morgan fingerprint density at radius 2 is 1.93 bits per heavy atom. The van der Waals surface area contributed by atoms with Crippen molar-refractivity contribution in [1.29, 1.82) is 0 Å². The first kappa shape index (κ1) is 31.5. The van der Waals surface area contributed by atoms with Gasteiger partial charge in [-0.1, -0.05) is 18.5 Å². The van der Waals surface area contributed by atoms with E-state index in [0.29, 0.717) is 42.5 Å². The highest BCUT2D eigenvalue weighted by Crippen LogP contribution is 2.35. The lowest BCUT2D eigenvalue weighted by Gasteiger charge is -2.43. The van der Waals surface area contributed by atoms with Gasteiger partial charge in [0.25, 0.3) is 11.8 Å². The summed E-state index contributed by atoms with van der Waals surface area (Å²) in [6.45, 7) is 6.13. The molecule has 0 aliphatic carbocycles. The van der Waals surface area contributed by atoms with Crippen LogP contribution >= 0.6 is 11.6 Å². The predicted molar refractivity (Wildman–Crippen MR) is 159 cm³/mol. The Morgan fingerprint density at radius 3 is 2.64 bits per heavy atom. The van der Waals surface area contributed by atoms with Crippen LogP contribution in [0, 0.1) is 0 Å². The van der Waals surface area contributed by atoms with Crippen LogP contribution in [0.1, 0.15) is 53.1 Å². The average Bonchev–Trinajstić information content (AvgIpc) is 3.53. The third-order valence-electron chi connectivity index (χ3n) is 7.74. The van der Waals surface area contributed by atoms with Crippen LogP contribution in [0.25, 0.3) is 11.4 Å². The van der Waals surface area contributed by atoms with E-state index in [1.165, 1.54) is 23.4 Å². The van der Waals surface area contributed by atoms with E-state index in [0.717, 1.165) is 25.1 Å². The number of alkyl halides is 3. The van der Waals surface area contributed by atoms with Crippen LogP contribution in [0.4, 0.5) is 18.9 Å². The molecule has 0 saturated carbocycles. The van der Waals surface area contributed by atoms with Crippen molar-refractivity contribution in [1.82, 2.24) is 30.5 Å². The molecule has 234 valence electrons. The molecule has 2 saturated heterocycles. The molecule has 0 unspecified atom stereocenters. The van der Waals surface area contributed by atoms with Gasteiger partial charge in [-0.3, -0.25) is 9.59 Å². The highest BCUT2D eigenvalue weighted by atomic mass is 35.5. The summed E-state index contributed by atoms with van der Waals surface area (Å²) in [5.74, 6) is -0.791. The second-order valence-electron chi connectivity index (χ2n) is 10.6. The molecule has 2 N–H and O–H groups in total. The Labute approximate surface area is 258 Å². The number of carbonyl (C=O) groups excluding carboxylic acids is 2. The Morgan fingerprint density at radius 1 is 1.14 bits per heavy atom. The first-order valence-corrected chi connectivity index (χ1v) is 14.9. The standard InChI is InChI=1S/C30H33ClF3N7O3/c1-3-20-17-40(29(43)21-6-5-18(31)15-22(21)30(32,33)34)13-14-41(20)24-8-7-23(25-28(44-4-2)37-12-11-36-25)39-26(24)27(42)38-19-9-10-35-16-19/h5-8,11-12,15,19-20,35H,3-4,9-10,13-14,16-17H2,1-2H3,(H,38,42)/t19-,20-/m1/s1. The van der Waals surface area contributed by atoms with E-state index < -0.39 is 23.2 Å². The molecule has 2 fully saturated rings. The van der Waals surface area contributed by atoms with Gasteiger partial charge in [-0.15, -0.1) is 0 Å². The number of pyridine rings is 1. The van der Waals surface area contributed by atoms with Gasteiger partial charge in [-0.2, -0.15) is 13.2 Å². The Hall–Kier alpha value is -3.97. The number of nitrogens with zero attached hydrogens (tertiary/aromatic N) is 5. The van der Waals surface area contributed by atoms with Crippen LogP contribution in [-0.4, -0.2) is 83.1 Å². The maximum Gasteiger partial charge on any atom is 0.417 e. The van der Waals surface area contributed by atoms with Gasteiger partial charge in [-0.05, 0) is 56.6 Å². The Balaban J connectivity index is 1.46. The molecule has 5 rings (SSSR count). The fourth-order valence-corrected chi connectivity index (χ4v) is 5.74. The molecule has 2 amide bonds. The number of aromatic nitrogens is 3. The van der Waals surface area contributed by atoms with E-state index >= 15 is 0 Å². The SMILES string of the molecule is CCOc1nccnc1-c1ccc(N2CCN(C(=O)c3ccc(Cl)cc3C(F)(F)F)C[C@H]2CC)c(C(=O)N[C@@H]2CCNC2)n1. The van der Waals surface area contributed by atoms with Crippen molar-refractivity contribution in [3.63, 3.8) is 0 Å². The van der Waals surface area contributed by atoms with Crippen molar-refractivity contribution in [2.24, 2.45) is 0 Å². The molecule has 4 heterocycles. The molecule has 10 nitrogen and oxygen atoms in total. The number of carbonyl (C=O) groups is 2. The summed E-state index contributed by atoms with van der Waals surface area (Å²) in [7, 11) is 0. The molecule has 2 aliphatic heterocycles. The van der Waals surface area contributed by atoms with Gasteiger partial charge >= 0.3 is 6.18 Å². The summed E-state index contributed by atoms with van der Waals surface area (Å²) in [6.07, 6.45) is -0.367. The topological polar surface area (TPSA) is 113 Å². The first-order valence-electron chi connectivity index (χ1n) is 14.5. The molecule has 1 aromatic carbocycles. The summed E-state index contributed by atoms with van der Waals surface area (Å²) in [4.78, 5) is 43.9. The molecule has 2 atom stereocenters. The normalized spacial score (nSPS) is 18.8. The van der Waals surface area contributed by atoms with Gasteiger partial charge < -0.3 is 25.2 Å². The summed E-state index contributed by atoms with van der Waals surface area (Å²) >= 11 is 5.83. The van der Waals surface area contributed by atoms with Gasteiger partial charge in [0.15, 0.2) is 11.4 Å². The van der Waals surface area contributed by atoms with Crippen molar-refractivity contribution in [2.75, 3.05) is 44.2 Å². The summed E-state index contributed by atoms with van der Waals surface area (Å²) < 4.78 is 46.9. The lowest BCUT2D eigenvalue weighted by Crippen LogP contribution is -2.55. The number of anilines is 1. The highest BCUT2D eigenvalue weighted by molar-refractivity contribution is 6.30. The molecular weight excluding hydrogens is 599 g/mol. The van der Waals surface area contributed by atoms with Crippen LogP contribution in [0.5, 0.6) is 5.88 Å². The zero-order valence-electron chi connectivity index (χ0n) is 24.3. The number of piperazine rings is 1. The minimum atomic E-state index is -4.74. The maximum atomic E-state index is 13.8. The smallest absolute Gasteiger partial charge is 0.417 e. The van der Waals surface area contributed by atoms with Gasteiger partial charge in [0, 0.05) is 55.7 Å². The molecule has 14 heteroatoms. The van der Waals surface area contributed by atoms with Crippen LogP contribution < -0.4 is 20.3 Å². The highest BCUT2D eigenvalue weighted by Gasteiger charge is 2.38. The third-order valence-corrected chi connectivity index (χ3v) is 7.98. The minimum Gasteiger partial charge on any atom is -0.476 e. The van der Waals surface area contributed by atoms with Crippen LogP contribution in [0.2, 0.25) is 5.02 Å². The molecule has 0 radical (unpaired) electrons. The number of amides is 2. The molecule has 0 spiro atoms. The van der Waals surface area contributed by atoms with Gasteiger partial charge in [0.1, 0.15) is 0 Å². The van der Waals surface area contributed by atoms with E-state index in [-0.39, 0.29) is 48.3 Å². The third kappa shape index (κ3) is 6.73. The molecule has 44 heavy (non-hydrogen) atoms. The summed E-state index contributed by atoms with van der Waals surface area (Å²) in [5, 5.41) is 6.19. The Kier molecular flexibility index (Phi) is 9.54. The zero-order valence-corrected chi connectivity index (χ0v) is 25.1. The van der Waals surface area contributed by atoms with Gasteiger partial charge in [-0.25, -0.2) is 15.0 Å². The monoisotopic (exact) mass is 631 g/mol. The van der Waals surface area contributed by atoms with Crippen LogP contribution in [-0.2, 0) is 6.18 Å². The van der Waals surface area contributed by atoms with Crippen molar-refractivity contribution in [3.05, 3.63) is 64.6 Å². The van der Waals surface area contributed by atoms with E-state index in [1.807, 2.05) is 18.7 Å². The van der Waals surface area contributed by atoms with Crippen LogP contribution in [0.15, 0.2) is 42.7 Å². The number of nitrogens with one attached hydrogen (secondary N) is 2. The minimum absolute atomic E-state index is 0.0602. The number of rotatable bonds is 8. The number of hydrogen-bond donors (Lipinski definition) is 2. The molecule has 2 aromatic heterocycles. The quantitative estimate of drug-likeness (QED) is 0.375. The summed E-state index contributed by atoms with van der Waals surface area (Å²) in [5.41, 5.74) is 0.0162. The van der Waals surface area contributed by atoms with Gasteiger partial charge in [0.2, 0.25) is 5.88 Å². The van der Waals surface area contributed by atoms with E-state index in [9.17, 15) is 22.8 Å². The lowest BCUT2D eigenvalue weighted by molar-refractivity contribution is -0.138. The molecular formula is C30H33ClF3N7O3. The molecule has 3 aromatic rings. The van der Waals surface area contributed by atoms with Crippen molar-refractivity contribution >= 4 is 29.1 Å². The number of benzene rings is 1. The zero-order chi connectivity index (χ0) is 31.4. The molecule has 0 bridgehead atoms. The van der Waals surface area contributed by atoms with E-state index in [2.05, 4.69) is 20.6 Å². The average molecular weight is 632 g/mol. The predicted octanol–water partition coefficient (Wildman–Crippen LogP) is 4.44. The molecule has 2 aliphatic rings. The van der Waals surface area contributed by atoms with E-state index in [1.54, 1.807) is 12.1 Å². The van der Waals surface area contributed by atoms with Gasteiger partial charge in [0.05, 0.1) is 29.1 Å². The number of ether oxygens (including phenoxy) is 1. The number of hydrogen-bond acceptors (Lipinski definition) is 8. The van der Waals surface area contributed by atoms with Crippen molar-refractivity contribution in [2.45, 2.75) is 44.9 Å². The second kappa shape index (κ2) is 13.3. The largest absolute Gasteiger partial charge is 0.476 e. The number of halogens is 4. The van der Waals surface area contributed by atoms with Crippen molar-refractivity contribution < 1.29 is 27.5 Å². The fourth-order valence-electron chi connectivity index (χ4n) is 5.57. The Bertz CT molecular complexity index is 1520. The second-order valence-corrected chi connectivity index (χ2v) is 11.0. The van der Waals surface area contributed by atoms with Crippen molar-refractivity contribution in [3.8, 4) is 17.3 Å². The maximum absolute atomic E-state index is 13.8. The first-order chi connectivity index (χ1) is 21.1.